The Hall–Kier alpha value is -3.48. The number of nitrogens with zero attached hydrogens (tertiary/aromatic N) is 1. The fourth-order valence-corrected chi connectivity index (χ4v) is 4.30. The zero-order chi connectivity index (χ0) is 29.0. The van der Waals surface area contributed by atoms with E-state index in [-0.39, 0.29) is 24.6 Å². The van der Waals surface area contributed by atoms with Crippen LogP contribution in [-0.2, 0) is 43.4 Å². The molecule has 0 spiro atoms. The van der Waals surface area contributed by atoms with Crippen molar-refractivity contribution in [2.24, 2.45) is 0 Å². The van der Waals surface area contributed by atoms with E-state index in [4.69, 9.17) is 19.4 Å². The number of benzene rings is 2. The van der Waals surface area contributed by atoms with Crippen LogP contribution < -0.4 is 10.6 Å². The van der Waals surface area contributed by atoms with Gasteiger partial charge in [0.2, 0.25) is 5.91 Å². The summed E-state index contributed by atoms with van der Waals surface area (Å²) in [5.41, 5.74) is 4.27. The van der Waals surface area contributed by atoms with Crippen molar-refractivity contribution < 1.29 is 42.1 Å². The largest absolute Gasteiger partial charge is 0.490 e. The minimum Gasteiger partial charge on any atom is -0.475 e. The van der Waals surface area contributed by atoms with Crippen molar-refractivity contribution in [2.75, 3.05) is 38.1 Å². The van der Waals surface area contributed by atoms with E-state index >= 15 is 0 Å². The summed E-state index contributed by atoms with van der Waals surface area (Å²) in [5.74, 6) is -3.06. The van der Waals surface area contributed by atoms with Crippen LogP contribution in [-0.4, -0.2) is 72.9 Å². The fourth-order valence-electron chi connectivity index (χ4n) is 4.30. The summed E-state index contributed by atoms with van der Waals surface area (Å²) in [6.07, 6.45) is -1.73. The second-order valence-corrected chi connectivity index (χ2v) is 9.52. The third-order valence-corrected chi connectivity index (χ3v) is 6.43. The van der Waals surface area contributed by atoms with Crippen LogP contribution in [0.2, 0.25) is 0 Å². The van der Waals surface area contributed by atoms with Gasteiger partial charge in [0.05, 0.1) is 12.5 Å². The van der Waals surface area contributed by atoms with E-state index in [0.29, 0.717) is 19.6 Å². The van der Waals surface area contributed by atoms with Gasteiger partial charge >= 0.3 is 18.1 Å². The predicted octanol–water partition coefficient (Wildman–Crippen LogP) is 3.52. The Morgan fingerprint density at radius 2 is 1.75 bits per heavy atom. The first-order valence-corrected chi connectivity index (χ1v) is 13.1. The normalized spacial score (nSPS) is 15.8. The Balaban J connectivity index is 0.000000559. The van der Waals surface area contributed by atoms with Gasteiger partial charge in [0.1, 0.15) is 13.2 Å². The molecule has 2 aliphatic rings. The lowest BCUT2D eigenvalue weighted by atomic mass is 9.99. The number of aliphatic carboxylic acids is 1. The Bertz CT molecular complexity index is 1120. The Kier molecular flexibility index (Phi) is 11.9. The molecule has 2 heterocycles. The van der Waals surface area contributed by atoms with Gasteiger partial charge < -0.3 is 25.2 Å². The van der Waals surface area contributed by atoms with E-state index in [1.165, 1.54) is 11.1 Å². The maximum Gasteiger partial charge on any atom is 0.490 e. The van der Waals surface area contributed by atoms with Gasteiger partial charge in [-0.05, 0) is 61.2 Å². The Morgan fingerprint density at radius 3 is 2.42 bits per heavy atom. The van der Waals surface area contributed by atoms with Crippen molar-refractivity contribution in [2.45, 2.75) is 51.1 Å². The van der Waals surface area contributed by atoms with Crippen LogP contribution >= 0.6 is 0 Å². The summed E-state index contributed by atoms with van der Waals surface area (Å²) in [6, 6.07) is 15.8. The second kappa shape index (κ2) is 15.3. The van der Waals surface area contributed by atoms with Gasteiger partial charge in [-0.15, -0.1) is 0 Å². The standard InChI is InChI=1S/C26H33N3O4.C2HF3O2/c30-25(19-32-24-8-12-27-13-9-24)28-23-7-6-21-10-14-29(17-22(21)16-23)15-11-26(31)33-18-20-4-2-1-3-5-20;3-2(4,5)1(6)7/h1-7,16,24,27H,8-15,17-19H2,(H,28,30);(H,6,7). The molecule has 2 aromatic carbocycles. The molecule has 0 unspecified atom stereocenters. The van der Waals surface area contributed by atoms with E-state index in [1.807, 2.05) is 42.5 Å². The van der Waals surface area contributed by atoms with Crippen molar-refractivity contribution in [3.63, 3.8) is 0 Å². The molecule has 3 N–H and O–H groups in total. The average Bonchev–Trinajstić information content (AvgIpc) is 2.94. The molecular formula is C28H34F3N3O6. The van der Waals surface area contributed by atoms with Crippen LogP contribution in [0.15, 0.2) is 48.5 Å². The van der Waals surface area contributed by atoms with Crippen LogP contribution in [0.1, 0.15) is 36.0 Å². The fraction of sp³-hybridized carbons (Fsp3) is 0.464. The van der Waals surface area contributed by atoms with Crippen LogP contribution in [0, 0.1) is 0 Å². The van der Waals surface area contributed by atoms with E-state index in [1.54, 1.807) is 0 Å². The topological polar surface area (TPSA) is 117 Å². The van der Waals surface area contributed by atoms with Crippen LogP contribution in [0.4, 0.5) is 18.9 Å². The molecule has 1 fully saturated rings. The molecule has 0 aliphatic carbocycles. The minimum absolute atomic E-state index is 0.0823. The number of anilines is 1. The van der Waals surface area contributed by atoms with Crippen molar-refractivity contribution >= 4 is 23.5 Å². The number of halogens is 3. The molecule has 0 aromatic heterocycles. The third-order valence-electron chi connectivity index (χ3n) is 6.43. The maximum absolute atomic E-state index is 12.3. The van der Waals surface area contributed by atoms with Gasteiger partial charge in [-0.1, -0.05) is 36.4 Å². The first-order valence-electron chi connectivity index (χ1n) is 13.1. The molecular weight excluding hydrogens is 531 g/mol. The number of piperidine rings is 1. The number of ether oxygens (including phenoxy) is 2. The highest BCUT2D eigenvalue weighted by atomic mass is 19.4. The highest BCUT2D eigenvalue weighted by molar-refractivity contribution is 5.91. The number of fused-ring (bicyclic) bond motifs is 1. The summed E-state index contributed by atoms with van der Waals surface area (Å²) in [7, 11) is 0. The highest BCUT2D eigenvalue weighted by Gasteiger charge is 2.38. The van der Waals surface area contributed by atoms with Gasteiger partial charge in [-0.3, -0.25) is 14.5 Å². The number of carboxylic acid groups (broad SMARTS) is 1. The number of alkyl halides is 3. The molecule has 218 valence electrons. The summed E-state index contributed by atoms with van der Waals surface area (Å²) < 4.78 is 42.9. The van der Waals surface area contributed by atoms with Crippen molar-refractivity contribution in [3.8, 4) is 0 Å². The van der Waals surface area contributed by atoms with Gasteiger partial charge in [-0.2, -0.15) is 13.2 Å². The summed E-state index contributed by atoms with van der Waals surface area (Å²) in [6.45, 7) is 4.61. The third kappa shape index (κ3) is 10.9. The molecule has 40 heavy (non-hydrogen) atoms. The van der Waals surface area contributed by atoms with E-state index < -0.39 is 12.1 Å². The van der Waals surface area contributed by atoms with Gasteiger partial charge in [0.15, 0.2) is 0 Å². The number of carboxylic acids is 1. The lowest BCUT2D eigenvalue weighted by Gasteiger charge is -2.29. The first kappa shape index (κ1) is 31.1. The quantitative estimate of drug-likeness (QED) is 0.396. The SMILES string of the molecule is O=C(COC1CCNCC1)Nc1ccc2c(c1)CN(CCC(=O)OCc1ccccc1)CC2.O=C(O)C(F)(F)F. The minimum atomic E-state index is -5.08. The van der Waals surface area contributed by atoms with E-state index in [2.05, 4.69) is 21.6 Å². The molecule has 2 aromatic rings. The molecule has 9 nitrogen and oxygen atoms in total. The lowest BCUT2D eigenvalue weighted by molar-refractivity contribution is -0.192. The maximum atomic E-state index is 12.3. The number of nitrogens with one attached hydrogen (secondary N) is 2. The van der Waals surface area contributed by atoms with Gasteiger partial charge in [0, 0.05) is 25.3 Å². The van der Waals surface area contributed by atoms with Crippen LogP contribution in [0.3, 0.4) is 0 Å². The number of rotatable bonds is 9. The number of hydrogen-bond donors (Lipinski definition) is 3. The van der Waals surface area contributed by atoms with Crippen molar-refractivity contribution in [1.82, 2.24) is 10.2 Å². The van der Waals surface area contributed by atoms with Crippen LogP contribution in [0.5, 0.6) is 0 Å². The molecule has 1 amide bonds. The Labute approximate surface area is 230 Å². The van der Waals surface area contributed by atoms with E-state index in [9.17, 15) is 22.8 Å². The van der Waals surface area contributed by atoms with E-state index in [0.717, 1.165) is 56.7 Å². The first-order chi connectivity index (χ1) is 19.1. The van der Waals surface area contributed by atoms with Gasteiger partial charge in [0.25, 0.3) is 0 Å². The zero-order valence-corrected chi connectivity index (χ0v) is 22.0. The van der Waals surface area contributed by atoms with Crippen molar-refractivity contribution in [3.05, 3.63) is 65.2 Å². The zero-order valence-electron chi connectivity index (χ0n) is 22.0. The van der Waals surface area contributed by atoms with Crippen LogP contribution in [0.25, 0.3) is 0 Å². The molecule has 4 rings (SSSR count). The number of hydrogen-bond acceptors (Lipinski definition) is 7. The van der Waals surface area contributed by atoms with Gasteiger partial charge in [-0.25, -0.2) is 4.79 Å². The molecule has 1 saturated heterocycles. The number of carbonyl (C=O) groups excluding carboxylic acids is 2. The highest BCUT2D eigenvalue weighted by Crippen LogP contribution is 2.23. The molecule has 2 aliphatic heterocycles. The second-order valence-electron chi connectivity index (χ2n) is 9.52. The van der Waals surface area contributed by atoms with Crippen molar-refractivity contribution in [1.29, 1.82) is 0 Å². The smallest absolute Gasteiger partial charge is 0.475 e. The number of carbonyl (C=O) groups is 3. The predicted molar refractivity (Wildman–Crippen MR) is 140 cm³/mol. The molecule has 0 atom stereocenters. The monoisotopic (exact) mass is 565 g/mol. The number of amides is 1. The summed E-state index contributed by atoms with van der Waals surface area (Å²) in [4.78, 5) is 35.6. The molecule has 12 heteroatoms. The molecule has 0 bridgehead atoms. The Morgan fingerprint density at radius 1 is 1.05 bits per heavy atom. The summed E-state index contributed by atoms with van der Waals surface area (Å²) in [5, 5.41) is 13.4. The number of esters is 1. The molecule has 0 saturated carbocycles. The average molecular weight is 566 g/mol. The molecule has 0 radical (unpaired) electrons. The lowest BCUT2D eigenvalue weighted by Crippen LogP contribution is -2.34. The summed E-state index contributed by atoms with van der Waals surface area (Å²) >= 11 is 0.